The maximum absolute atomic E-state index is 13.9. The Morgan fingerprint density at radius 3 is 2.04 bits per heavy atom. The Bertz CT molecular complexity index is 1230. The van der Waals surface area contributed by atoms with E-state index in [4.69, 9.17) is 5.14 Å². The number of fused-ring (bicyclic) bond motifs is 1. The molecule has 0 bridgehead atoms. The first-order valence-corrected chi connectivity index (χ1v) is 11.5. The Hall–Kier alpha value is -1.76. The second-order valence-corrected chi connectivity index (χ2v) is 11.2. The van der Waals surface area contributed by atoms with Crippen LogP contribution in [-0.4, -0.2) is 23.0 Å². The molecule has 11 heteroatoms. The number of primary sulfonamides is 1. The van der Waals surface area contributed by atoms with Gasteiger partial charge in [0.05, 0.1) is 11.9 Å². The van der Waals surface area contributed by atoms with E-state index >= 15 is 0 Å². The number of alkyl halides is 1. The molecular formula is C17H15FN4O2P2S2. The van der Waals surface area contributed by atoms with Crippen molar-refractivity contribution in [2.45, 2.75) is 9.49 Å². The summed E-state index contributed by atoms with van der Waals surface area (Å²) in [5.41, 5.74) is 4.07. The normalized spacial score (nSPS) is 12.6. The zero-order valence-corrected chi connectivity index (χ0v) is 18.2. The quantitative estimate of drug-likeness (QED) is 0.479. The fourth-order valence-electron chi connectivity index (χ4n) is 2.69. The molecule has 2 unspecified atom stereocenters. The summed E-state index contributed by atoms with van der Waals surface area (Å²) in [6.45, 7) is 0. The highest BCUT2D eigenvalue weighted by atomic mass is 32.2. The fraction of sp³-hybridized carbons (Fsp3) is 0.0588. The number of hydrogen-bond donors (Lipinski definition) is 1. The smallest absolute Gasteiger partial charge is 0.230 e. The summed E-state index contributed by atoms with van der Waals surface area (Å²) in [4.78, 5) is 4.86. The third-order valence-corrected chi connectivity index (χ3v) is 7.01. The molecule has 6 nitrogen and oxygen atoms in total. The summed E-state index contributed by atoms with van der Waals surface area (Å²) >= 11 is 0.917. The molecule has 2 aromatic carbocycles. The van der Waals surface area contributed by atoms with E-state index in [2.05, 4.69) is 28.6 Å². The van der Waals surface area contributed by atoms with Crippen molar-refractivity contribution in [3.63, 3.8) is 0 Å². The zero-order valence-electron chi connectivity index (χ0n) is 14.3. The van der Waals surface area contributed by atoms with E-state index in [1.165, 1.54) is 4.52 Å². The number of aromatic nitrogens is 3. The van der Waals surface area contributed by atoms with Crippen molar-refractivity contribution in [3.8, 4) is 22.4 Å². The summed E-state index contributed by atoms with van der Waals surface area (Å²) in [6.07, 6.45) is 1.66. The second-order valence-electron chi connectivity index (χ2n) is 6.19. The van der Waals surface area contributed by atoms with Gasteiger partial charge in [0.25, 0.3) is 10.0 Å². The van der Waals surface area contributed by atoms with Crippen LogP contribution in [0.15, 0.2) is 59.1 Å². The molecule has 0 saturated heterocycles. The van der Waals surface area contributed by atoms with Gasteiger partial charge >= 0.3 is 0 Å². The maximum atomic E-state index is 13.9. The Balaban J connectivity index is 1.61. The van der Waals surface area contributed by atoms with E-state index in [0.717, 1.165) is 28.0 Å². The van der Waals surface area contributed by atoms with E-state index in [1.54, 1.807) is 18.3 Å². The first-order chi connectivity index (χ1) is 13.1. The molecule has 0 fully saturated rings. The predicted molar refractivity (Wildman–Crippen MR) is 115 cm³/mol. The van der Waals surface area contributed by atoms with Gasteiger partial charge < -0.3 is 0 Å². The SMILES string of the molecule is NS(=O)(=O)c1nn2cc(-c3ccc(-c4ccc(C(F)(P)P)cc4)cc3)nc2s1. The molecule has 2 heterocycles. The highest BCUT2D eigenvalue weighted by Gasteiger charge is 2.19. The van der Waals surface area contributed by atoms with E-state index in [9.17, 15) is 12.8 Å². The standard InChI is InChI=1S/C17H15FN4O2P2S2/c18-17(25,26)13-7-5-11(6-8-13)10-1-3-12(4-2-10)14-9-22-15(20-14)27-16(21-22)28(19,23)24/h1-9H,25-26H2,(H2,19,23,24). The Morgan fingerprint density at radius 2 is 1.54 bits per heavy atom. The molecule has 2 aromatic heterocycles. The summed E-state index contributed by atoms with van der Waals surface area (Å²) < 4.78 is 37.9. The predicted octanol–water partition coefficient (Wildman–Crippen LogP) is 3.60. The van der Waals surface area contributed by atoms with Crippen LogP contribution in [0.3, 0.4) is 0 Å². The first kappa shape index (κ1) is 19.6. The summed E-state index contributed by atoms with van der Waals surface area (Å²) in [6, 6.07) is 15.0. The number of nitrogens with zero attached hydrogens (tertiary/aromatic N) is 3. The number of halogens is 1. The molecule has 4 rings (SSSR count). The van der Waals surface area contributed by atoms with Crippen LogP contribution in [0, 0.1) is 0 Å². The Labute approximate surface area is 169 Å². The monoisotopic (exact) mass is 452 g/mol. The molecule has 0 aliphatic heterocycles. The number of nitrogens with two attached hydrogens (primary N) is 1. The molecule has 0 spiro atoms. The molecule has 144 valence electrons. The van der Waals surface area contributed by atoms with Crippen molar-refractivity contribution in [2.24, 2.45) is 5.14 Å². The number of imidazole rings is 1. The van der Waals surface area contributed by atoms with Crippen molar-refractivity contribution in [3.05, 3.63) is 60.3 Å². The van der Waals surface area contributed by atoms with E-state index in [0.29, 0.717) is 16.2 Å². The van der Waals surface area contributed by atoms with Gasteiger partial charge in [-0.25, -0.2) is 27.4 Å². The number of rotatable bonds is 4. The van der Waals surface area contributed by atoms with Crippen LogP contribution in [0.4, 0.5) is 4.39 Å². The lowest BCUT2D eigenvalue weighted by molar-refractivity contribution is 0.423. The van der Waals surface area contributed by atoms with E-state index in [1.807, 2.05) is 36.4 Å². The van der Waals surface area contributed by atoms with Gasteiger partial charge in [0.15, 0.2) is 5.15 Å². The molecular weight excluding hydrogens is 437 g/mol. The zero-order chi connectivity index (χ0) is 20.1. The Morgan fingerprint density at radius 1 is 1.00 bits per heavy atom. The van der Waals surface area contributed by atoms with Crippen molar-refractivity contribution < 1.29 is 12.8 Å². The lowest BCUT2D eigenvalue weighted by Gasteiger charge is -2.14. The lowest BCUT2D eigenvalue weighted by Crippen LogP contribution is -2.12. The third-order valence-electron chi connectivity index (χ3n) is 4.11. The topological polar surface area (TPSA) is 90.4 Å². The van der Waals surface area contributed by atoms with Gasteiger partial charge in [-0.1, -0.05) is 78.3 Å². The lowest BCUT2D eigenvalue weighted by atomic mass is 10.0. The van der Waals surface area contributed by atoms with E-state index in [-0.39, 0.29) is 4.34 Å². The molecule has 0 amide bonds. The van der Waals surface area contributed by atoms with Gasteiger partial charge in [-0.15, -0.1) is 5.10 Å². The van der Waals surface area contributed by atoms with Crippen molar-refractivity contribution >= 4 is 44.8 Å². The molecule has 0 aliphatic rings. The van der Waals surface area contributed by atoms with Crippen LogP contribution >= 0.6 is 29.8 Å². The van der Waals surface area contributed by atoms with E-state index < -0.39 is 15.2 Å². The van der Waals surface area contributed by atoms with Crippen LogP contribution in [0.25, 0.3) is 27.3 Å². The molecule has 0 radical (unpaired) electrons. The second kappa shape index (κ2) is 6.94. The number of hydrogen-bond acceptors (Lipinski definition) is 5. The van der Waals surface area contributed by atoms with Gasteiger partial charge in [0, 0.05) is 5.56 Å². The summed E-state index contributed by atoms with van der Waals surface area (Å²) in [5.74, 6) is 0. The average Bonchev–Trinajstić information content (AvgIpc) is 3.20. The van der Waals surface area contributed by atoms with Gasteiger partial charge in [-0.2, -0.15) is 0 Å². The minimum Gasteiger partial charge on any atom is -0.230 e. The maximum Gasteiger partial charge on any atom is 0.267 e. The average molecular weight is 452 g/mol. The molecule has 0 aliphatic carbocycles. The van der Waals surface area contributed by atoms with Crippen LogP contribution in [0.1, 0.15) is 5.56 Å². The minimum absolute atomic E-state index is 0.173. The minimum atomic E-state index is -3.84. The van der Waals surface area contributed by atoms with Crippen LogP contribution < -0.4 is 5.14 Å². The summed E-state index contributed by atoms with van der Waals surface area (Å²) in [5, 5.41) is 7.50. The van der Waals surface area contributed by atoms with Gasteiger partial charge in [-0.05, 0) is 16.7 Å². The van der Waals surface area contributed by atoms with Gasteiger partial charge in [0.1, 0.15) is 0 Å². The molecule has 2 atom stereocenters. The molecule has 0 saturated carbocycles. The molecule has 28 heavy (non-hydrogen) atoms. The van der Waals surface area contributed by atoms with Crippen molar-refractivity contribution in [1.29, 1.82) is 0 Å². The van der Waals surface area contributed by atoms with Crippen LogP contribution in [0.2, 0.25) is 0 Å². The van der Waals surface area contributed by atoms with Crippen LogP contribution in [0.5, 0.6) is 0 Å². The molecule has 4 aromatic rings. The third kappa shape index (κ3) is 3.86. The first-order valence-electron chi connectivity index (χ1n) is 7.98. The van der Waals surface area contributed by atoms with Crippen molar-refractivity contribution in [1.82, 2.24) is 14.6 Å². The van der Waals surface area contributed by atoms with Crippen LogP contribution in [-0.2, 0) is 15.2 Å². The highest BCUT2D eigenvalue weighted by molar-refractivity contribution is 7.91. The summed E-state index contributed by atoms with van der Waals surface area (Å²) in [7, 11) is 0.466. The van der Waals surface area contributed by atoms with Gasteiger partial charge in [-0.3, -0.25) is 0 Å². The highest BCUT2D eigenvalue weighted by Crippen LogP contribution is 2.40. The fourth-order valence-corrected chi connectivity index (χ4v) is 4.58. The molecule has 2 N–H and O–H groups in total. The van der Waals surface area contributed by atoms with Crippen molar-refractivity contribution in [2.75, 3.05) is 0 Å². The number of sulfonamides is 1. The number of benzene rings is 2. The van der Waals surface area contributed by atoms with Gasteiger partial charge in [0.2, 0.25) is 9.30 Å². The largest absolute Gasteiger partial charge is 0.267 e. The Kier molecular flexibility index (Phi) is 4.84.